The summed E-state index contributed by atoms with van der Waals surface area (Å²) in [5.41, 5.74) is 0. The minimum atomic E-state index is -0.0807. The van der Waals surface area contributed by atoms with Gasteiger partial charge in [-0.2, -0.15) is 0 Å². The molecule has 1 saturated carbocycles. The van der Waals surface area contributed by atoms with E-state index in [-0.39, 0.29) is 30.1 Å². The van der Waals surface area contributed by atoms with E-state index in [2.05, 4.69) is 34.3 Å². The molecule has 0 aromatic carbocycles. The van der Waals surface area contributed by atoms with Gasteiger partial charge in [-0.3, -0.25) is 9.89 Å². The normalized spacial score (nSPS) is 28.8. The number of nitrogens with one attached hydrogen (secondary N) is 2. The predicted octanol–water partition coefficient (Wildman–Crippen LogP) is 1.63. The van der Waals surface area contributed by atoms with Crippen LogP contribution in [0.2, 0.25) is 0 Å². The lowest BCUT2D eigenvalue weighted by atomic mass is 10.1. The van der Waals surface area contributed by atoms with Crippen LogP contribution in [-0.4, -0.2) is 84.4 Å². The van der Waals surface area contributed by atoms with E-state index in [9.17, 15) is 5.11 Å². The van der Waals surface area contributed by atoms with Crippen LogP contribution in [0.15, 0.2) is 4.99 Å². The van der Waals surface area contributed by atoms with Crippen LogP contribution in [0.4, 0.5) is 0 Å². The van der Waals surface area contributed by atoms with Crippen molar-refractivity contribution >= 4 is 29.9 Å². The van der Waals surface area contributed by atoms with E-state index in [0.717, 1.165) is 70.5 Å². The Morgan fingerprint density at radius 3 is 2.58 bits per heavy atom. The minimum Gasteiger partial charge on any atom is -0.393 e. The van der Waals surface area contributed by atoms with Gasteiger partial charge in [0, 0.05) is 50.8 Å². The highest BCUT2D eigenvalue weighted by atomic mass is 127. The van der Waals surface area contributed by atoms with E-state index < -0.39 is 0 Å². The third-order valence-electron chi connectivity index (χ3n) is 5.78. The molecule has 0 bridgehead atoms. The Hall–Kier alpha value is -0.120. The molecule has 0 amide bonds. The van der Waals surface area contributed by atoms with Gasteiger partial charge >= 0.3 is 0 Å². The first-order valence-corrected chi connectivity index (χ1v) is 10.4. The first kappa shape index (κ1) is 22.2. The third-order valence-corrected chi connectivity index (χ3v) is 5.78. The monoisotopic (exact) mass is 479 g/mol. The van der Waals surface area contributed by atoms with E-state index in [1.165, 1.54) is 19.3 Å². The zero-order valence-corrected chi connectivity index (χ0v) is 18.8. The molecular weight excluding hydrogens is 441 g/mol. The minimum absolute atomic E-state index is 0. The standard InChI is InChI=1S/C19H37N5O.HI/c1-3-20-19(21-9-4-10-23-11-7-18(25)8-12-23)22-16-13-15(2)24(14-16)17-5-6-17;/h15-18,25H,3-14H2,1-2H3,(H2,20,21,22);1H. The lowest BCUT2D eigenvalue weighted by Gasteiger charge is -2.29. The fourth-order valence-corrected chi connectivity index (χ4v) is 4.22. The fraction of sp³-hybridized carbons (Fsp3) is 0.947. The van der Waals surface area contributed by atoms with Gasteiger partial charge in [0.1, 0.15) is 0 Å². The van der Waals surface area contributed by atoms with E-state index in [1.807, 2.05) is 0 Å². The quantitative estimate of drug-likeness (QED) is 0.224. The molecule has 0 spiro atoms. The smallest absolute Gasteiger partial charge is 0.191 e. The molecule has 2 unspecified atom stereocenters. The van der Waals surface area contributed by atoms with Crippen molar-refractivity contribution in [3.05, 3.63) is 0 Å². The number of hydrogen-bond donors (Lipinski definition) is 3. The highest BCUT2D eigenvalue weighted by Gasteiger charge is 2.38. The Kier molecular flexibility index (Phi) is 9.40. The van der Waals surface area contributed by atoms with Gasteiger partial charge in [0.15, 0.2) is 5.96 Å². The molecule has 2 saturated heterocycles. The molecule has 3 aliphatic rings. The topological polar surface area (TPSA) is 63.1 Å². The molecule has 0 aromatic rings. The molecule has 152 valence electrons. The molecular formula is C19H38IN5O. The van der Waals surface area contributed by atoms with Crippen molar-refractivity contribution in [1.29, 1.82) is 0 Å². The third kappa shape index (κ3) is 6.80. The molecule has 3 rings (SSSR count). The summed E-state index contributed by atoms with van der Waals surface area (Å²) in [7, 11) is 0. The number of guanidine groups is 1. The number of likely N-dealkylation sites (tertiary alicyclic amines) is 2. The summed E-state index contributed by atoms with van der Waals surface area (Å²) >= 11 is 0. The number of aliphatic hydroxyl groups excluding tert-OH is 1. The van der Waals surface area contributed by atoms with Crippen LogP contribution >= 0.6 is 24.0 Å². The Morgan fingerprint density at radius 2 is 1.92 bits per heavy atom. The van der Waals surface area contributed by atoms with Gasteiger partial charge in [-0.1, -0.05) is 0 Å². The average molecular weight is 479 g/mol. The molecule has 26 heavy (non-hydrogen) atoms. The molecule has 1 aliphatic carbocycles. The molecule has 2 aliphatic heterocycles. The van der Waals surface area contributed by atoms with Crippen LogP contribution in [0.1, 0.15) is 52.4 Å². The van der Waals surface area contributed by atoms with Crippen molar-refractivity contribution in [2.45, 2.75) is 76.6 Å². The fourth-order valence-electron chi connectivity index (χ4n) is 4.22. The highest BCUT2D eigenvalue weighted by molar-refractivity contribution is 14.0. The molecule has 0 aromatic heterocycles. The molecule has 2 atom stereocenters. The second-order valence-electron chi connectivity index (χ2n) is 8.04. The van der Waals surface area contributed by atoms with E-state index in [0.29, 0.717) is 12.1 Å². The zero-order chi connectivity index (χ0) is 17.6. The number of aliphatic hydroxyl groups is 1. The summed E-state index contributed by atoms with van der Waals surface area (Å²) < 4.78 is 0. The summed E-state index contributed by atoms with van der Waals surface area (Å²) in [5.74, 6) is 0.978. The Labute approximate surface area is 176 Å². The Balaban J connectivity index is 0.00000243. The van der Waals surface area contributed by atoms with E-state index in [4.69, 9.17) is 4.99 Å². The van der Waals surface area contributed by atoms with Crippen molar-refractivity contribution in [2.75, 3.05) is 39.3 Å². The van der Waals surface area contributed by atoms with Gasteiger partial charge in [0.05, 0.1) is 6.10 Å². The number of hydrogen-bond acceptors (Lipinski definition) is 4. The number of piperidine rings is 1. The van der Waals surface area contributed by atoms with E-state index >= 15 is 0 Å². The Bertz CT molecular complexity index is 438. The van der Waals surface area contributed by atoms with Crippen molar-refractivity contribution in [2.24, 2.45) is 4.99 Å². The van der Waals surface area contributed by atoms with E-state index in [1.54, 1.807) is 0 Å². The van der Waals surface area contributed by atoms with Gasteiger partial charge in [-0.15, -0.1) is 24.0 Å². The first-order chi connectivity index (χ1) is 12.2. The van der Waals surface area contributed by atoms with Crippen LogP contribution in [0.25, 0.3) is 0 Å². The molecule has 3 fully saturated rings. The lowest BCUT2D eigenvalue weighted by molar-refractivity contribution is 0.0824. The molecule has 6 nitrogen and oxygen atoms in total. The molecule has 2 heterocycles. The van der Waals surface area contributed by atoms with Crippen molar-refractivity contribution in [3.8, 4) is 0 Å². The van der Waals surface area contributed by atoms with Crippen LogP contribution < -0.4 is 10.6 Å². The highest BCUT2D eigenvalue weighted by Crippen LogP contribution is 2.33. The molecule has 0 radical (unpaired) electrons. The second kappa shape index (κ2) is 11.0. The number of halogens is 1. The van der Waals surface area contributed by atoms with Crippen LogP contribution in [0.3, 0.4) is 0 Å². The van der Waals surface area contributed by atoms with Gasteiger partial charge in [-0.25, -0.2) is 0 Å². The number of rotatable bonds is 7. The van der Waals surface area contributed by atoms with Crippen LogP contribution in [0, 0.1) is 0 Å². The van der Waals surface area contributed by atoms with Crippen molar-refractivity contribution < 1.29 is 5.11 Å². The largest absolute Gasteiger partial charge is 0.393 e. The summed E-state index contributed by atoms with van der Waals surface area (Å²) in [5, 5.41) is 16.6. The molecule has 3 N–H and O–H groups in total. The van der Waals surface area contributed by atoms with Gasteiger partial charge in [-0.05, 0) is 58.9 Å². The summed E-state index contributed by atoms with van der Waals surface area (Å²) in [6.07, 6.45) is 6.84. The van der Waals surface area contributed by atoms with Gasteiger partial charge in [0.2, 0.25) is 0 Å². The lowest BCUT2D eigenvalue weighted by Crippen LogP contribution is -2.45. The summed E-state index contributed by atoms with van der Waals surface area (Å²) in [6, 6.07) is 2.07. The van der Waals surface area contributed by atoms with Gasteiger partial charge < -0.3 is 20.6 Å². The van der Waals surface area contributed by atoms with Crippen LogP contribution in [-0.2, 0) is 0 Å². The summed E-state index contributed by atoms with van der Waals surface area (Å²) in [6.45, 7) is 10.6. The van der Waals surface area contributed by atoms with Crippen molar-refractivity contribution in [3.63, 3.8) is 0 Å². The summed E-state index contributed by atoms with van der Waals surface area (Å²) in [4.78, 5) is 9.91. The Morgan fingerprint density at radius 1 is 1.19 bits per heavy atom. The number of aliphatic imine (C=N–C) groups is 1. The maximum absolute atomic E-state index is 9.57. The van der Waals surface area contributed by atoms with Crippen LogP contribution in [0.5, 0.6) is 0 Å². The zero-order valence-electron chi connectivity index (χ0n) is 16.5. The average Bonchev–Trinajstić information content (AvgIpc) is 3.37. The maximum atomic E-state index is 9.57. The first-order valence-electron chi connectivity index (χ1n) is 10.4. The number of nitrogens with zero attached hydrogens (tertiary/aromatic N) is 3. The van der Waals surface area contributed by atoms with Crippen molar-refractivity contribution in [1.82, 2.24) is 20.4 Å². The SMILES string of the molecule is CCNC(=NCCCN1CCC(O)CC1)NC1CC(C)N(C2CC2)C1.I. The predicted molar refractivity (Wildman–Crippen MR) is 118 cm³/mol. The maximum Gasteiger partial charge on any atom is 0.191 e. The van der Waals surface area contributed by atoms with Gasteiger partial charge in [0.25, 0.3) is 0 Å². The second-order valence-corrected chi connectivity index (χ2v) is 8.04. The molecule has 7 heteroatoms.